The number of carbonyl (C=O) groups excluding carboxylic acids is 1. The molecule has 0 aromatic carbocycles. The molecule has 1 amide bonds. The smallest absolute Gasteiger partial charge is 0.237 e. The van der Waals surface area contributed by atoms with E-state index in [0.717, 1.165) is 12.7 Å². The predicted molar refractivity (Wildman–Crippen MR) is 59.7 cm³/mol. The number of nitrogens with zero attached hydrogens (tertiary/aromatic N) is 1. The molecule has 0 aliphatic carbocycles. The van der Waals surface area contributed by atoms with Gasteiger partial charge in [-0.3, -0.25) is 4.79 Å². The highest BCUT2D eigenvalue weighted by Gasteiger charge is 2.28. The molecule has 1 aliphatic rings. The van der Waals surface area contributed by atoms with E-state index in [2.05, 4.69) is 0 Å². The Hall–Kier alpha value is -0.290. The summed E-state index contributed by atoms with van der Waals surface area (Å²) in [6.07, 6.45) is 1.90. The Balaban J connectivity index is 2.55. The largest absolute Gasteiger partial charge is 0.340 e. The lowest BCUT2D eigenvalue weighted by Gasteiger charge is -2.33. The topological polar surface area (TPSA) is 54.5 Å². The van der Waals surface area contributed by atoms with Gasteiger partial charge in [-0.1, -0.05) is 6.92 Å². The Bertz CT molecular complexity index is 341. The molecule has 15 heavy (non-hydrogen) atoms. The fraction of sp³-hybridized carbons (Fsp3) is 0.889. The highest BCUT2D eigenvalue weighted by atomic mass is 35.5. The molecule has 6 heteroatoms. The number of piperidine rings is 1. The number of sulfone groups is 1. The number of alkyl halides is 1. The van der Waals surface area contributed by atoms with Crippen molar-refractivity contribution in [3.05, 3.63) is 0 Å². The molecule has 0 N–H and O–H groups in total. The molecule has 0 aromatic rings. The van der Waals surface area contributed by atoms with Crippen LogP contribution in [0.3, 0.4) is 0 Å². The molecule has 1 heterocycles. The number of hydrogen-bond acceptors (Lipinski definition) is 3. The van der Waals surface area contributed by atoms with Crippen LogP contribution in [0.2, 0.25) is 0 Å². The summed E-state index contributed by atoms with van der Waals surface area (Å²) in [7, 11) is -3.24. The van der Waals surface area contributed by atoms with Gasteiger partial charge in [0, 0.05) is 19.3 Å². The van der Waals surface area contributed by atoms with Crippen molar-refractivity contribution in [3.63, 3.8) is 0 Å². The van der Waals surface area contributed by atoms with E-state index in [1.807, 2.05) is 6.92 Å². The first-order valence-corrected chi connectivity index (χ1v) is 7.39. The van der Waals surface area contributed by atoms with Crippen LogP contribution in [0.4, 0.5) is 0 Å². The molecule has 0 bridgehead atoms. The zero-order valence-corrected chi connectivity index (χ0v) is 10.5. The van der Waals surface area contributed by atoms with Gasteiger partial charge in [-0.05, 0) is 12.3 Å². The monoisotopic (exact) mass is 253 g/mol. The molecular formula is C9H16ClNO3S. The van der Waals surface area contributed by atoms with Gasteiger partial charge >= 0.3 is 0 Å². The highest BCUT2D eigenvalue weighted by Crippen LogP contribution is 2.21. The zero-order valence-electron chi connectivity index (χ0n) is 8.94. The van der Waals surface area contributed by atoms with Gasteiger partial charge in [0.05, 0.1) is 5.38 Å². The first-order valence-electron chi connectivity index (χ1n) is 4.89. The van der Waals surface area contributed by atoms with E-state index in [-0.39, 0.29) is 11.3 Å². The molecule has 0 saturated carbocycles. The molecule has 4 nitrogen and oxygen atoms in total. The third kappa shape index (κ3) is 3.99. The standard InChI is InChI=1S/C9H16ClNO3S/c1-7-3-4-11(5-8(7)10)9(12)6-15(2,13)14/h7-8H,3-6H2,1-2H3. The fourth-order valence-corrected chi connectivity index (χ4v) is 2.49. The third-order valence-corrected chi connectivity index (χ3v) is 3.94. The number of rotatable bonds is 2. The average molecular weight is 254 g/mol. The predicted octanol–water partition coefficient (Wildman–Crippen LogP) is 0.507. The Labute approximate surface area is 95.5 Å². The van der Waals surface area contributed by atoms with Gasteiger partial charge in [-0.15, -0.1) is 11.6 Å². The third-order valence-electron chi connectivity index (χ3n) is 2.60. The van der Waals surface area contributed by atoms with Crippen molar-refractivity contribution >= 4 is 27.3 Å². The second kappa shape index (κ2) is 4.70. The van der Waals surface area contributed by atoms with Crippen molar-refractivity contribution in [3.8, 4) is 0 Å². The minimum absolute atomic E-state index is 0.0674. The Morgan fingerprint density at radius 2 is 2.13 bits per heavy atom. The molecule has 1 aliphatic heterocycles. The first-order chi connectivity index (χ1) is 6.79. The Morgan fingerprint density at radius 3 is 2.60 bits per heavy atom. The molecule has 2 atom stereocenters. The summed E-state index contributed by atoms with van der Waals surface area (Å²) in [6, 6.07) is 0. The van der Waals surface area contributed by atoms with E-state index < -0.39 is 15.6 Å². The molecule has 0 aromatic heterocycles. The van der Waals surface area contributed by atoms with E-state index in [4.69, 9.17) is 11.6 Å². The van der Waals surface area contributed by atoms with E-state index >= 15 is 0 Å². The van der Waals surface area contributed by atoms with E-state index in [1.54, 1.807) is 4.90 Å². The molecule has 0 spiro atoms. The molecule has 2 unspecified atom stereocenters. The summed E-state index contributed by atoms with van der Waals surface area (Å²) in [5, 5.41) is -0.0674. The lowest BCUT2D eigenvalue weighted by atomic mass is 9.99. The molecule has 88 valence electrons. The van der Waals surface area contributed by atoms with Gasteiger partial charge in [0.15, 0.2) is 9.84 Å². The molecular weight excluding hydrogens is 238 g/mol. The quantitative estimate of drug-likeness (QED) is 0.674. The molecule has 1 rings (SSSR count). The van der Waals surface area contributed by atoms with E-state index in [1.165, 1.54) is 0 Å². The molecule has 1 fully saturated rings. The fourth-order valence-electron chi connectivity index (χ4n) is 1.56. The summed E-state index contributed by atoms with van der Waals surface area (Å²) < 4.78 is 21.9. The molecule has 1 saturated heterocycles. The minimum Gasteiger partial charge on any atom is -0.340 e. The van der Waals surface area contributed by atoms with Crippen LogP contribution < -0.4 is 0 Å². The summed E-state index contributed by atoms with van der Waals surface area (Å²) >= 11 is 6.03. The van der Waals surface area contributed by atoms with Gasteiger partial charge in [0.2, 0.25) is 5.91 Å². The van der Waals surface area contributed by atoms with E-state index in [9.17, 15) is 13.2 Å². The molecule has 0 radical (unpaired) electrons. The van der Waals surface area contributed by atoms with E-state index in [0.29, 0.717) is 19.0 Å². The lowest BCUT2D eigenvalue weighted by molar-refractivity contribution is -0.129. The summed E-state index contributed by atoms with van der Waals surface area (Å²) in [6.45, 7) is 3.10. The van der Waals surface area contributed by atoms with Crippen LogP contribution in [0.5, 0.6) is 0 Å². The van der Waals surface area contributed by atoms with Gasteiger partial charge in [-0.25, -0.2) is 8.42 Å². The highest BCUT2D eigenvalue weighted by molar-refractivity contribution is 7.91. The van der Waals surface area contributed by atoms with Crippen molar-refractivity contribution in [1.82, 2.24) is 4.90 Å². The average Bonchev–Trinajstić information content (AvgIpc) is 2.06. The number of amides is 1. The van der Waals surface area contributed by atoms with Crippen LogP contribution >= 0.6 is 11.6 Å². The summed E-state index contributed by atoms with van der Waals surface area (Å²) in [4.78, 5) is 13.1. The summed E-state index contributed by atoms with van der Waals surface area (Å²) in [5.41, 5.74) is 0. The first kappa shape index (κ1) is 12.8. The van der Waals surface area contributed by atoms with Crippen molar-refractivity contribution in [2.75, 3.05) is 25.1 Å². The SMILES string of the molecule is CC1CCN(C(=O)CS(C)(=O)=O)CC1Cl. The maximum Gasteiger partial charge on any atom is 0.237 e. The Kier molecular flexibility index (Phi) is 4.00. The van der Waals surface area contributed by atoms with Gasteiger partial charge < -0.3 is 4.90 Å². The zero-order chi connectivity index (χ0) is 11.6. The summed E-state index contributed by atoms with van der Waals surface area (Å²) in [5.74, 6) is -0.366. The van der Waals surface area contributed by atoms with Gasteiger partial charge in [-0.2, -0.15) is 0 Å². The van der Waals surface area contributed by atoms with Gasteiger partial charge in [0.1, 0.15) is 5.75 Å². The second-order valence-electron chi connectivity index (χ2n) is 4.19. The van der Waals surface area contributed by atoms with Crippen LogP contribution in [-0.2, 0) is 14.6 Å². The van der Waals surface area contributed by atoms with Crippen LogP contribution in [0.1, 0.15) is 13.3 Å². The Morgan fingerprint density at radius 1 is 1.53 bits per heavy atom. The van der Waals surface area contributed by atoms with Gasteiger partial charge in [0.25, 0.3) is 0 Å². The van der Waals surface area contributed by atoms with Crippen LogP contribution in [0.15, 0.2) is 0 Å². The number of carbonyl (C=O) groups is 1. The number of likely N-dealkylation sites (tertiary alicyclic amines) is 1. The second-order valence-corrected chi connectivity index (χ2v) is 6.89. The normalized spacial score (nSPS) is 27.8. The van der Waals surface area contributed by atoms with Crippen LogP contribution in [0.25, 0.3) is 0 Å². The van der Waals surface area contributed by atoms with Crippen molar-refractivity contribution < 1.29 is 13.2 Å². The maximum atomic E-state index is 11.6. The minimum atomic E-state index is -3.24. The number of halogens is 1. The van der Waals surface area contributed by atoms with Crippen molar-refractivity contribution in [2.45, 2.75) is 18.7 Å². The van der Waals surface area contributed by atoms with Crippen molar-refractivity contribution in [1.29, 1.82) is 0 Å². The van der Waals surface area contributed by atoms with Crippen LogP contribution in [0, 0.1) is 5.92 Å². The lowest BCUT2D eigenvalue weighted by Crippen LogP contribution is -2.45. The number of hydrogen-bond donors (Lipinski definition) is 0. The van der Waals surface area contributed by atoms with Crippen molar-refractivity contribution in [2.24, 2.45) is 5.92 Å². The van der Waals surface area contributed by atoms with Crippen LogP contribution in [-0.4, -0.2) is 49.7 Å². The maximum absolute atomic E-state index is 11.6.